The normalized spacial score (nSPS) is 15.1. The summed E-state index contributed by atoms with van der Waals surface area (Å²) in [6, 6.07) is 10.2. The molecule has 200 valence electrons. The zero-order valence-electron chi connectivity index (χ0n) is 21.4. The van der Waals surface area contributed by atoms with E-state index in [1.54, 1.807) is 25.1 Å². The first-order chi connectivity index (χ1) is 18.7. The molecule has 0 saturated carbocycles. The van der Waals surface area contributed by atoms with Gasteiger partial charge in [0.2, 0.25) is 5.96 Å². The van der Waals surface area contributed by atoms with Gasteiger partial charge < -0.3 is 5.73 Å². The van der Waals surface area contributed by atoms with Crippen LogP contribution in [-0.2, 0) is 13.0 Å². The molecule has 1 aliphatic heterocycles. The zero-order valence-corrected chi connectivity index (χ0v) is 22.9. The molecular weight excluding hydrogens is 539 g/mol. The van der Waals surface area contributed by atoms with Crippen LogP contribution in [0.4, 0.5) is 8.78 Å². The molecule has 0 fully saturated rings. The van der Waals surface area contributed by atoms with Gasteiger partial charge in [-0.2, -0.15) is 5.26 Å². The second kappa shape index (κ2) is 12.4. The van der Waals surface area contributed by atoms with Crippen LogP contribution in [0, 0.1) is 23.0 Å². The van der Waals surface area contributed by atoms with Crippen molar-refractivity contribution in [1.29, 1.82) is 5.26 Å². The van der Waals surface area contributed by atoms with Crippen molar-refractivity contribution in [1.82, 2.24) is 9.47 Å². The predicted molar refractivity (Wildman–Crippen MR) is 156 cm³/mol. The Morgan fingerprint density at radius 1 is 1.26 bits per heavy atom. The summed E-state index contributed by atoms with van der Waals surface area (Å²) >= 11 is 11.6. The molecule has 0 atom stereocenters. The number of nitrogens with two attached hydrogens (primary N) is 1. The maximum Gasteiger partial charge on any atom is 0.200 e. The van der Waals surface area contributed by atoms with E-state index in [9.17, 15) is 14.0 Å². The molecule has 0 radical (unpaired) electrons. The van der Waals surface area contributed by atoms with Crippen molar-refractivity contribution in [2.24, 2.45) is 10.7 Å². The van der Waals surface area contributed by atoms with E-state index in [2.05, 4.69) is 22.5 Å². The van der Waals surface area contributed by atoms with E-state index in [0.29, 0.717) is 48.2 Å². The summed E-state index contributed by atoms with van der Waals surface area (Å²) < 4.78 is 29.5. The van der Waals surface area contributed by atoms with E-state index in [1.165, 1.54) is 12.1 Å². The molecule has 1 aliphatic rings. The molecule has 0 spiro atoms. The summed E-state index contributed by atoms with van der Waals surface area (Å²) in [7, 11) is 0. The molecule has 0 bridgehead atoms. The van der Waals surface area contributed by atoms with Crippen LogP contribution in [0.1, 0.15) is 29.3 Å². The molecule has 0 unspecified atom stereocenters. The molecule has 4 rings (SSSR count). The van der Waals surface area contributed by atoms with E-state index in [-0.39, 0.29) is 0 Å². The zero-order chi connectivity index (χ0) is 28.1. The number of benzene rings is 2. The summed E-state index contributed by atoms with van der Waals surface area (Å²) in [6.07, 6.45) is 9.57. The minimum absolute atomic E-state index is 0.317. The van der Waals surface area contributed by atoms with Gasteiger partial charge in [-0.05, 0) is 54.0 Å². The van der Waals surface area contributed by atoms with Crippen LogP contribution in [0.3, 0.4) is 0 Å². The first-order valence-electron chi connectivity index (χ1n) is 12.3. The third kappa shape index (κ3) is 6.48. The van der Waals surface area contributed by atoms with Crippen molar-refractivity contribution in [3.8, 4) is 6.07 Å². The second-order valence-electron chi connectivity index (χ2n) is 9.17. The Hall–Kier alpha value is -3.70. The molecule has 2 aromatic carbocycles. The fourth-order valence-electron chi connectivity index (χ4n) is 4.71. The smallest absolute Gasteiger partial charge is 0.200 e. The minimum atomic E-state index is -0.788. The van der Waals surface area contributed by atoms with Crippen LogP contribution < -0.4 is 5.73 Å². The maximum atomic E-state index is 13.8. The van der Waals surface area contributed by atoms with E-state index in [1.807, 2.05) is 34.9 Å². The highest BCUT2D eigenvalue weighted by Gasteiger charge is 2.25. The Kier molecular flexibility index (Phi) is 9.03. The number of allylic oxidation sites excluding steroid dienone is 3. The van der Waals surface area contributed by atoms with Crippen LogP contribution in [0.5, 0.6) is 0 Å². The van der Waals surface area contributed by atoms with Crippen molar-refractivity contribution in [3.63, 3.8) is 0 Å². The number of nitrogens with zero attached hydrogens (tertiary/aromatic N) is 4. The second-order valence-corrected chi connectivity index (χ2v) is 10.1. The third-order valence-electron chi connectivity index (χ3n) is 6.41. The standard InChI is InChI=1S/C30H27Cl2F2N5/c1-3-5-22(12-19(2)31)17-37-30(36)39-27-9-11-38(10-4-6-20-13-25(33)29(32)26(34)14-20)18-24(27)23-8-7-21(16-35)15-28(23)39/h3-8,12-15H,1,9-11,17-18H2,2H3,(H2,36,37)/b6-4+,19-12+,22-5+. The molecule has 0 aliphatic carbocycles. The first-order valence-corrected chi connectivity index (χ1v) is 13.0. The number of rotatable bonds is 7. The van der Waals surface area contributed by atoms with E-state index < -0.39 is 16.7 Å². The number of halogens is 4. The van der Waals surface area contributed by atoms with Gasteiger partial charge in [0.25, 0.3) is 0 Å². The molecule has 5 nitrogen and oxygen atoms in total. The van der Waals surface area contributed by atoms with E-state index in [0.717, 1.165) is 34.3 Å². The average molecular weight is 566 g/mol. The largest absolute Gasteiger partial charge is 0.369 e. The number of hydrogen-bond acceptors (Lipinski definition) is 3. The summed E-state index contributed by atoms with van der Waals surface area (Å²) in [5.74, 6) is -1.25. The summed E-state index contributed by atoms with van der Waals surface area (Å²) in [5.41, 5.74) is 11.3. The van der Waals surface area contributed by atoms with E-state index >= 15 is 0 Å². The SMILES string of the molecule is C=C/C=C(\C=C(/C)Cl)CN=C(N)n1c2c(c3ccc(C#N)cc31)CN(C/C=C/c1cc(F)c(Cl)c(F)c1)CC2. The molecule has 9 heteroatoms. The van der Waals surface area contributed by atoms with E-state index in [4.69, 9.17) is 28.9 Å². The Morgan fingerprint density at radius 3 is 2.67 bits per heavy atom. The predicted octanol–water partition coefficient (Wildman–Crippen LogP) is 6.93. The fourth-order valence-corrected chi connectivity index (χ4v) is 4.96. The number of nitriles is 1. The highest BCUT2D eigenvalue weighted by atomic mass is 35.5. The van der Waals surface area contributed by atoms with Gasteiger partial charge in [0, 0.05) is 42.2 Å². The molecular formula is C30H27Cl2F2N5. The lowest BCUT2D eigenvalue weighted by Gasteiger charge is -2.27. The minimum Gasteiger partial charge on any atom is -0.369 e. The van der Waals surface area contributed by atoms with Gasteiger partial charge >= 0.3 is 0 Å². The number of aromatic nitrogens is 1. The topological polar surface area (TPSA) is 70.3 Å². The van der Waals surface area contributed by atoms with Crippen molar-refractivity contribution in [3.05, 3.63) is 111 Å². The maximum absolute atomic E-state index is 13.8. The Bertz CT molecular complexity index is 1560. The molecule has 2 N–H and O–H groups in total. The van der Waals surface area contributed by atoms with Crippen molar-refractivity contribution in [2.75, 3.05) is 19.6 Å². The van der Waals surface area contributed by atoms with Crippen molar-refractivity contribution < 1.29 is 8.78 Å². The van der Waals surface area contributed by atoms with Crippen molar-refractivity contribution >= 4 is 46.1 Å². The number of aliphatic imine (C=N–C) groups is 1. The van der Waals surface area contributed by atoms with Crippen LogP contribution in [0.2, 0.25) is 5.02 Å². The van der Waals surface area contributed by atoms with Gasteiger partial charge in [0.1, 0.15) is 16.7 Å². The number of hydrogen-bond donors (Lipinski definition) is 1. The lowest BCUT2D eigenvalue weighted by molar-refractivity contribution is 0.281. The quantitative estimate of drug-likeness (QED) is 0.146. The fraction of sp³-hybridized carbons (Fsp3) is 0.200. The van der Waals surface area contributed by atoms with Crippen LogP contribution in [-0.4, -0.2) is 35.1 Å². The summed E-state index contributed by atoms with van der Waals surface area (Å²) in [4.78, 5) is 6.87. The van der Waals surface area contributed by atoms with Gasteiger partial charge in [0.15, 0.2) is 0 Å². The molecule has 3 aromatic rings. The van der Waals surface area contributed by atoms with Gasteiger partial charge in [-0.25, -0.2) is 13.8 Å². The van der Waals surface area contributed by atoms with Gasteiger partial charge in [-0.3, -0.25) is 9.47 Å². The van der Waals surface area contributed by atoms with Crippen LogP contribution in [0.25, 0.3) is 17.0 Å². The monoisotopic (exact) mass is 565 g/mol. The molecule has 1 aromatic heterocycles. The summed E-state index contributed by atoms with van der Waals surface area (Å²) in [5, 5.41) is 10.6. The molecule has 0 amide bonds. The Balaban J connectivity index is 1.63. The van der Waals surface area contributed by atoms with Gasteiger partial charge in [-0.15, -0.1) is 0 Å². The van der Waals surface area contributed by atoms with Gasteiger partial charge in [-0.1, -0.05) is 60.2 Å². The lowest BCUT2D eigenvalue weighted by Crippen LogP contribution is -2.33. The highest BCUT2D eigenvalue weighted by Crippen LogP contribution is 2.31. The Morgan fingerprint density at radius 2 is 2.00 bits per heavy atom. The van der Waals surface area contributed by atoms with Crippen LogP contribution >= 0.6 is 23.2 Å². The Labute approximate surface area is 236 Å². The lowest BCUT2D eigenvalue weighted by atomic mass is 10.0. The third-order valence-corrected chi connectivity index (χ3v) is 6.88. The highest BCUT2D eigenvalue weighted by molar-refractivity contribution is 6.31. The average Bonchev–Trinajstić information content (AvgIpc) is 3.23. The molecule has 2 heterocycles. The van der Waals surface area contributed by atoms with Crippen molar-refractivity contribution in [2.45, 2.75) is 19.9 Å². The first kappa shape index (κ1) is 28.3. The van der Waals surface area contributed by atoms with Gasteiger partial charge in [0.05, 0.1) is 23.7 Å². The van der Waals surface area contributed by atoms with Crippen LogP contribution in [0.15, 0.2) is 76.8 Å². The molecule has 0 saturated heterocycles. The summed E-state index contributed by atoms with van der Waals surface area (Å²) in [6.45, 7) is 7.82. The number of fused-ring (bicyclic) bond motifs is 3. The molecule has 39 heavy (non-hydrogen) atoms.